The highest BCUT2D eigenvalue weighted by Crippen LogP contribution is 2.13. The lowest BCUT2D eigenvalue weighted by Gasteiger charge is -2.17. The maximum atomic E-state index is 12.5. The predicted molar refractivity (Wildman–Crippen MR) is 91.5 cm³/mol. The first kappa shape index (κ1) is 17.4. The zero-order valence-corrected chi connectivity index (χ0v) is 13.7. The molecule has 2 amide bonds. The van der Waals surface area contributed by atoms with Crippen LogP contribution in [0.3, 0.4) is 0 Å². The van der Waals surface area contributed by atoms with Crippen molar-refractivity contribution < 1.29 is 14.4 Å². The maximum absolute atomic E-state index is 12.5. The van der Waals surface area contributed by atoms with Crippen molar-refractivity contribution in [3.05, 3.63) is 70.8 Å². The van der Waals surface area contributed by atoms with Crippen molar-refractivity contribution in [3.8, 4) is 0 Å². The number of rotatable bonds is 6. The number of hydrogen-bond acceptors (Lipinski definition) is 3. The molecule has 2 aromatic carbocycles. The van der Waals surface area contributed by atoms with Gasteiger partial charge in [0.2, 0.25) is 5.78 Å². The Morgan fingerprint density at radius 1 is 1.00 bits per heavy atom. The molecule has 0 saturated carbocycles. The van der Waals surface area contributed by atoms with Crippen LogP contribution in [0.4, 0.5) is 0 Å². The van der Waals surface area contributed by atoms with Crippen LogP contribution in [0, 0.1) is 13.8 Å². The molecule has 24 heavy (non-hydrogen) atoms. The first-order chi connectivity index (χ1) is 11.4. The summed E-state index contributed by atoms with van der Waals surface area (Å²) in [5.74, 6) is -2.26. The van der Waals surface area contributed by atoms with E-state index in [1.165, 1.54) is 0 Å². The minimum absolute atomic E-state index is 0.208. The minimum atomic E-state index is -1.06. The van der Waals surface area contributed by atoms with E-state index >= 15 is 0 Å². The minimum Gasteiger partial charge on any atom is -0.363 e. The van der Waals surface area contributed by atoms with Crippen LogP contribution in [-0.4, -0.2) is 23.6 Å². The Morgan fingerprint density at radius 3 is 2.29 bits per heavy atom. The lowest BCUT2D eigenvalue weighted by molar-refractivity contribution is -0.137. The van der Waals surface area contributed by atoms with Crippen LogP contribution < -0.4 is 11.1 Å². The number of nitrogens with one attached hydrogen (secondary N) is 1. The van der Waals surface area contributed by atoms with E-state index in [9.17, 15) is 14.4 Å². The summed E-state index contributed by atoms with van der Waals surface area (Å²) in [7, 11) is 0. The quantitative estimate of drug-likeness (QED) is 0.793. The molecule has 124 valence electrons. The molecular formula is C19H20N2O3. The first-order valence-corrected chi connectivity index (χ1v) is 7.64. The number of Topliss-reactive ketones (excluding diaryl/α,β-unsaturated/α-hetero) is 1. The fourth-order valence-electron chi connectivity index (χ4n) is 2.46. The Hall–Kier alpha value is -2.95. The van der Waals surface area contributed by atoms with Gasteiger partial charge in [-0.2, -0.15) is 0 Å². The molecule has 0 aliphatic carbocycles. The number of aryl methyl sites for hydroxylation is 1. The van der Waals surface area contributed by atoms with E-state index in [0.29, 0.717) is 5.56 Å². The van der Waals surface area contributed by atoms with E-state index in [-0.39, 0.29) is 6.42 Å². The largest absolute Gasteiger partial charge is 0.363 e. The highest BCUT2D eigenvalue weighted by Gasteiger charge is 2.26. The number of benzene rings is 2. The third kappa shape index (κ3) is 4.07. The summed E-state index contributed by atoms with van der Waals surface area (Å²) >= 11 is 0. The van der Waals surface area contributed by atoms with Crippen molar-refractivity contribution in [3.63, 3.8) is 0 Å². The number of nitrogens with two attached hydrogens (primary N) is 1. The van der Waals surface area contributed by atoms with Crippen LogP contribution in [0.25, 0.3) is 0 Å². The van der Waals surface area contributed by atoms with Crippen molar-refractivity contribution in [2.24, 2.45) is 5.73 Å². The van der Waals surface area contributed by atoms with Gasteiger partial charge in [-0.3, -0.25) is 14.4 Å². The Morgan fingerprint density at radius 2 is 1.67 bits per heavy atom. The summed E-state index contributed by atoms with van der Waals surface area (Å²) < 4.78 is 0. The molecule has 0 radical (unpaired) electrons. The van der Waals surface area contributed by atoms with Gasteiger partial charge in [-0.05, 0) is 36.6 Å². The van der Waals surface area contributed by atoms with E-state index in [4.69, 9.17) is 5.73 Å². The second-order valence-corrected chi connectivity index (χ2v) is 5.69. The smallest absolute Gasteiger partial charge is 0.287 e. The average Bonchev–Trinajstić information content (AvgIpc) is 2.56. The van der Waals surface area contributed by atoms with Gasteiger partial charge in [-0.25, -0.2) is 0 Å². The number of ketones is 1. The number of primary amides is 1. The highest BCUT2D eigenvalue weighted by molar-refractivity contribution is 6.38. The molecule has 0 aromatic heterocycles. The van der Waals surface area contributed by atoms with E-state index in [2.05, 4.69) is 5.32 Å². The molecule has 0 saturated heterocycles. The lowest BCUT2D eigenvalue weighted by atomic mass is 9.99. The Balaban J connectivity index is 2.24. The van der Waals surface area contributed by atoms with Crippen molar-refractivity contribution in [2.75, 3.05) is 0 Å². The third-order valence-corrected chi connectivity index (χ3v) is 4.00. The number of carbonyl (C=O) groups is 3. The molecule has 0 bridgehead atoms. The summed E-state index contributed by atoms with van der Waals surface area (Å²) in [6.45, 7) is 3.74. The number of hydrogen-bond donors (Lipinski definition) is 2. The maximum Gasteiger partial charge on any atom is 0.287 e. The zero-order valence-electron chi connectivity index (χ0n) is 13.7. The van der Waals surface area contributed by atoms with E-state index in [1.807, 2.05) is 50.2 Å². The van der Waals surface area contributed by atoms with Gasteiger partial charge in [0, 0.05) is 12.0 Å². The third-order valence-electron chi connectivity index (χ3n) is 4.00. The van der Waals surface area contributed by atoms with Gasteiger partial charge >= 0.3 is 0 Å². The van der Waals surface area contributed by atoms with E-state index < -0.39 is 23.6 Å². The molecule has 0 aliphatic rings. The molecule has 5 nitrogen and oxygen atoms in total. The van der Waals surface area contributed by atoms with Crippen LogP contribution in [0.5, 0.6) is 0 Å². The summed E-state index contributed by atoms with van der Waals surface area (Å²) in [5, 5.41) is 2.64. The molecule has 1 atom stereocenters. The number of carbonyl (C=O) groups excluding carboxylic acids is 3. The highest BCUT2D eigenvalue weighted by atomic mass is 16.2. The SMILES string of the molecule is Cc1cccc(C(=O)NC(Cc2ccccc2)C(=O)C(N)=O)c1C. The van der Waals surface area contributed by atoms with Crippen LogP contribution in [0.1, 0.15) is 27.0 Å². The molecule has 5 heteroatoms. The summed E-state index contributed by atoms with van der Waals surface area (Å²) in [4.78, 5) is 35.9. The Labute approximate surface area is 140 Å². The van der Waals surface area contributed by atoms with Crippen LogP contribution in [-0.2, 0) is 16.0 Å². The topological polar surface area (TPSA) is 89.3 Å². The van der Waals surface area contributed by atoms with Crippen molar-refractivity contribution in [1.82, 2.24) is 5.32 Å². The molecule has 2 rings (SSSR count). The molecule has 0 fully saturated rings. The average molecular weight is 324 g/mol. The normalized spacial score (nSPS) is 11.6. The van der Waals surface area contributed by atoms with Crippen LogP contribution in [0.2, 0.25) is 0 Å². The zero-order chi connectivity index (χ0) is 17.7. The summed E-state index contributed by atoms with van der Waals surface area (Å²) in [5.41, 5.74) is 8.24. The molecule has 2 aromatic rings. The molecular weight excluding hydrogens is 304 g/mol. The van der Waals surface area contributed by atoms with Gasteiger partial charge in [0.1, 0.15) is 6.04 Å². The summed E-state index contributed by atoms with van der Waals surface area (Å²) in [6.07, 6.45) is 0.208. The van der Waals surface area contributed by atoms with E-state index in [1.54, 1.807) is 12.1 Å². The monoisotopic (exact) mass is 324 g/mol. The molecule has 3 N–H and O–H groups in total. The first-order valence-electron chi connectivity index (χ1n) is 7.64. The fraction of sp³-hybridized carbons (Fsp3) is 0.211. The van der Waals surface area contributed by atoms with Gasteiger partial charge in [0.25, 0.3) is 11.8 Å². The standard InChI is InChI=1S/C19H20N2O3/c1-12-7-6-10-15(13(12)2)19(24)21-16(17(22)18(20)23)11-14-8-4-3-5-9-14/h3-10,16H,11H2,1-2H3,(H2,20,23)(H,21,24). The van der Waals surface area contributed by atoms with Crippen LogP contribution >= 0.6 is 0 Å². The van der Waals surface area contributed by atoms with Gasteiger partial charge < -0.3 is 11.1 Å². The molecule has 0 aliphatic heterocycles. The predicted octanol–water partition coefficient (Wildman–Crippen LogP) is 1.70. The van der Waals surface area contributed by atoms with Gasteiger partial charge in [0.15, 0.2) is 0 Å². The fourth-order valence-corrected chi connectivity index (χ4v) is 2.46. The summed E-state index contributed by atoms with van der Waals surface area (Å²) in [6, 6.07) is 13.5. The second-order valence-electron chi connectivity index (χ2n) is 5.69. The van der Waals surface area contributed by atoms with Gasteiger partial charge in [0.05, 0.1) is 0 Å². The van der Waals surface area contributed by atoms with Crippen molar-refractivity contribution >= 4 is 17.6 Å². The molecule has 0 heterocycles. The van der Waals surface area contributed by atoms with Crippen molar-refractivity contribution in [2.45, 2.75) is 26.3 Å². The number of amides is 2. The van der Waals surface area contributed by atoms with E-state index in [0.717, 1.165) is 16.7 Å². The second kappa shape index (κ2) is 7.55. The van der Waals surface area contributed by atoms with Gasteiger partial charge in [-0.15, -0.1) is 0 Å². The van der Waals surface area contributed by atoms with Crippen molar-refractivity contribution in [1.29, 1.82) is 0 Å². The molecule has 1 unspecified atom stereocenters. The Kier molecular flexibility index (Phi) is 5.47. The Bertz CT molecular complexity index is 769. The lowest BCUT2D eigenvalue weighted by Crippen LogP contribution is -2.47. The molecule has 0 spiro atoms. The van der Waals surface area contributed by atoms with Crippen LogP contribution in [0.15, 0.2) is 48.5 Å². The van der Waals surface area contributed by atoms with Gasteiger partial charge in [-0.1, -0.05) is 42.5 Å².